The summed E-state index contributed by atoms with van der Waals surface area (Å²) in [5.41, 5.74) is 8.23. The summed E-state index contributed by atoms with van der Waals surface area (Å²) in [6.45, 7) is 11.6. The molecule has 1 rings (SSSR count). The van der Waals surface area contributed by atoms with Crippen LogP contribution in [-0.2, 0) is 0 Å². The van der Waals surface area contributed by atoms with E-state index >= 15 is 0 Å². The first-order valence-corrected chi connectivity index (χ1v) is 7.90. The van der Waals surface area contributed by atoms with Gasteiger partial charge in [0.15, 0.2) is 0 Å². The molecule has 3 N–H and O–H groups in total. The van der Waals surface area contributed by atoms with Crippen LogP contribution in [0.1, 0.15) is 46.1 Å². The van der Waals surface area contributed by atoms with Gasteiger partial charge >= 0.3 is 0 Å². The highest BCUT2D eigenvalue weighted by Crippen LogP contribution is 2.30. The second kappa shape index (κ2) is 7.33. The monoisotopic (exact) mass is 296 g/mol. The molecule has 0 saturated heterocycles. The van der Waals surface area contributed by atoms with E-state index in [9.17, 15) is 0 Å². The summed E-state index contributed by atoms with van der Waals surface area (Å²) in [7, 11) is 0. The Hall–Kier alpha value is -0.730. The molecule has 1 aromatic rings. The lowest BCUT2D eigenvalue weighted by Gasteiger charge is -2.38. The van der Waals surface area contributed by atoms with Crippen LogP contribution in [0.15, 0.2) is 18.2 Å². The van der Waals surface area contributed by atoms with E-state index in [1.54, 1.807) is 0 Å². The molecule has 20 heavy (non-hydrogen) atoms. The Morgan fingerprint density at radius 1 is 1.15 bits per heavy atom. The zero-order chi connectivity index (χ0) is 15.3. The maximum Gasteiger partial charge on any atom is 0.0500 e. The van der Waals surface area contributed by atoms with Crippen molar-refractivity contribution in [1.29, 1.82) is 0 Å². The highest BCUT2D eigenvalue weighted by molar-refractivity contribution is 6.31. The molecule has 0 aliphatic rings. The van der Waals surface area contributed by atoms with Crippen LogP contribution in [0.4, 0.5) is 5.69 Å². The van der Waals surface area contributed by atoms with Gasteiger partial charge in [0.05, 0.1) is 5.54 Å². The summed E-state index contributed by atoms with van der Waals surface area (Å²) in [6, 6.07) is 6.14. The topological polar surface area (TPSA) is 38.0 Å². The van der Waals surface area contributed by atoms with Crippen molar-refractivity contribution in [2.75, 3.05) is 11.9 Å². The average Bonchev–Trinajstić information content (AvgIpc) is 2.32. The van der Waals surface area contributed by atoms with Crippen molar-refractivity contribution >= 4 is 17.3 Å². The molecule has 0 amide bonds. The zero-order valence-corrected chi connectivity index (χ0v) is 14.2. The number of hydrogen-bond donors (Lipinski definition) is 2. The van der Waals surface area contributed by atoms with E-state index in [2.05, 4.69) is 45.1 Å². The number of nitrogens with one attached hydrogen (secondary N) is 1. The van der Waals surface area contributed by atoms with E-state index in [0.717, 1.165) is 29.1 Å². The van der Waals surface area contributed by atoms with Gasteiger partial charge < -0.3 is 11.1 Å². The van der Waals surface area contributed by atoms with Crippen LogP contribution in [0.3, 0.4) is 0 Å². The minimum Gasteiger partial charge on any atom is -0.378 e. The van der Waals surface area contributed by atoms with Crippen LogP contribution in [0.5, 0.6) is 0 Å². The third kappa shape index (κ3) is 4.99. The van der Waals surface area contributed by atoms with Crippen molar-refractivity contribution in [3.05, 3.63) is 28.8 Å². The molecule has 0 spiro atoms. The third-order valence-corrected chi connectivity index (χ3v) is 3.98. The van der Waals surface area contributed by atoms with Gasteiger partial charge in [-0.05, 0) is 49.3 Å². The van der Waals surface area contributed by atoms with Crippen molar-refractivity contribution < 1.29 is 0 Å². The molecule has 2 nitrogen and oxygen atoms in total. The Morgan fingerprint density at radius 3 is 2.10 bits per heavy atom. The van der Waals surface area contributed by atoms with Crippen molar-refractivity contribution in [2.45, 2.75) is 53.0 Å². The lowest BCUT2D eigenvalue weighted by atomic mass is 9.81. The molecule has 0 aliphatic heterocycles. The second-order valence-electron chi connectivity index (χ2n) is 6.77. The molecule has 0 fully saturated rings. The summed E-state index contributed by atoms with van der Waals surface area (Å²) in [6.07, 6.45) is 2.13. The zero-order valence-electron chi connectivity index (χ0n) is 13.5. The minimum absolute atomic E-state index is 0.0546. The van der Waals surface area contributed by atoms with E-state index in [1.165, 1.54) is 0 Å². The van der Waals surface area contributed by atoms with E-state index in [-0.39, 0.29) is 5.54 Å². The smallest absolute Gasteiger partial charge is 0.0500 e. The van der Waals surface area contributed by atoms with Crippen molar-refractivity contribution in [1.82, 2.24) is 0 Å². The highest BCUT2D eigenvalue weighted by Gasteiger charge is 2.30. The molecular formula is C17H29ClN2. The maximum atomic E-state index is 6.23. The van der Waals surface area contributed by atoms with E-state index in [4.69, 9.17) is 17.3 Å². The Balaban J connectivity index is 3.00. The Kier molecular flexibility index (Phi) is 6.35. The van der Waals surface area contributed by atoms with Gasteiger partial charge in [0.1, 0.15) is 0 Å². The van der Waals surface area contributed by atoms with Crippen LogP contribution in [0, 0.1) is 18.8 Å². The van der Waals surface area contributed by atoms with Crippen molar-refractivity contribution in [3.63, 3.8) is 0 Å². The fraction of sp³-hybridized carbons (Fsp3) is 0.647. The molecule has 0 unspecified atom stereocenters. The lowest BCUT2D eigenvalue weighted by molar-refractivity contribution is 0.317. The molecule has 0 saturated carbocycles. The Morgan fingerprint density at radius 2 is 1.70 bits per heavy atom. The van der Waals surface area contributed by atoms with E-state index in [1.807, 2.05) is 13.0 Å². The summed E-state index contributed by atoms with van der Waals surface area (Å²) in [4.78, 5) is 0. The van der Waals surface area contributed by atoms with Gasteiger partial charge in [-0.25, -0.2) is 0 Å². The number of benzene rings is 1. The highest BCUT2D eigenvalue weighted by atomic mass is 35.5. The van der Waals surface area contributed by atoms with Gasteiger partial charge in [0.25, 0.3) is 0 Å². The molecule has 0 heterocycles. The molecule has 0 radical (unpaired) electrons. The normalized spacial score (nSPS) is 12.2. The van der Waals surface area contributed by atoms with Gasteiger partial charge in [0, 0.05) is 17.3 Å². The first-order valence-electron chi connectivity index (χ1n) is 7.52. The number of halogens is 1. The Labute approximate surface area is 129 Å². The van der Waals surface area contributed by atoms with Crippen LogP contribution >= 0.6 is 11.6 Å². The van der Waals surface area contributed by atoms with Gasteiger partial charge in [-0.3, -0.25) is 0 Å². The first kappa shape index (κ1) is 17.3. The molecule has 0 bridgehead atoms. The summed E-state index contributed by atoms with van der Waals surface area (Å²) in [5, 5.41) is 4.46. The number of nitrogens with two attached hydrogens (primary N) is 1. The van der Waals surface area contributed by atoms with Crippen LogP contribution in [0.2, 0.25) is 5.02 Å². The molecule has 1 aromatic carbocycles. The number of rotatable bonds is 7. The SMILES string of the molecule is Cc1ccc(NC(CN)(CC(C)C)CC(C)C)cc1Cl. The number of anilines is 1. The van der Waals surface area contributed by atoms with E-state index < -0.39 is 0 Å². The largest absolute Gasteiger partial charge is 0.378 e. The fourth-order valence-electron chi connectivity index (χ4n) is 2.94. The predicted molar refractivity (Wildman–Crippen MR) is 90.5 cm³/mol. The van der Waals surface area contributed by atoms with Crippen LogP contribution in [-0.4, -0.2) is 12.1 Å². The fourth-order valence-corrected chi connectivity index (χ4v) is 3.12. The summed E-state index contributed by atoms with van der Waals surface area (Å²) < 4.78 is 0. The third-order valence-electron chi connectivity index (χ3n) is 3.57. The summed E-state index contributed by atoms with van der Waals surface area (Å²) >= 11 is 6.23. The van der Waals surface area contributed by atoms with Crippen LogP contribution < -0.4 is 11.1 Å². The molecule has 0 aliphatic carbocycles. The van der Waals surface area contributed by atoms with Gasteiger partial charge in [0.2, 0.25) is 0 Å². The Bertz CT molecular complexity index is 417. The van der Waals surface area contributed by atoms with Crippen molar-refractivity contribution in [3.8, 4) is 0 Å². The van der Waals surface area contributed by atoms with E-state index in [0.29, 0.717) is 18.4 Å². The van der Waals surface area contributed by atoms with Gasteiger partial charge in [-0.2, -0.15) is 0 Å². The number of hydrogen-bond acceptors (Lipinski definition) is 2. The quantitative estimate of drug-likeness (QED) is 0.755. The molecular weight excluding hydrogens is 268 g/mol. The van der Waals surface area contributed by atoms with Crippen molar-refractivity contribution in [2.24, 2.45) is 17.6 Å². The molecule has 114 valence electrons. The molecule has 0 atom stereocenters. The predicted octanol–water partition coefficient (Wildman–Crippen LogP) is 4.85. The minimum atomic E-state index is -0.0546. The lowest BCUT2D eigenvalue weighted by Crippen LogP contribution is -2.47. The first-order chi connectivity index (χ1) is 9.28. The van der Waals surface area contributed by atoms with Crippen LogP contribution in [0.25, 0.3) is 0 Å². The number of aryl methyl sites for hydroxylation is 1. The summed E-state index contributed by atoms with van der Waals surface area (Å²) in [5.74, 6) is 1.21. The average molecular weight is 297 g/mol. The van der Waals surface area contributed by atoms with Gasteiger partial charge in [-0.1, -0.05) is 45.4 Å². The standard InChI is InChI=1S/C17H29ClN2/c1-12(2)9-17(11-19,10-13(3)4)20-15-7-6-14(5)16(18)8-15/h6-8,12-13,20H,9-11,19H2,1-5H3. The maximum absolute atomic E-state index is 6.23. The molecule has 3 heteroatoms. The van der Waals surface area contributed by atoms with Gasteiger partial charge in [-0.15, -0.1) is 0 Å². The molecule has 0 aromatic heterocycles. The second-order valence-corrected chi connectivity index (χ2v) is 7.18.